The number of carbonyl (C=O) groups is 4. The molecule has 1 aromatic rings. The molecule has 11 unspecified atom stereocenters. The smallest absolute Gasteiger partial charge is 0.306 e. The molecule has 8 heteroatoms. The highest BCUT2D eigenvalue weighted by Gasteiger charge is 2.66. The number of nitrogens with zero attached hydrogens (tertiary/aromatic N) is 1. The Hall–Kier alpha value is -2.19. The summed E-state index contributed by atoms with van der Waals surface area (Å²) in [5, 5.41) is 13.8. The van der Waals surface area contributed by atoms with Crippen LogP contribution in [0.5, 0.6) is 0 Å². The zero-order valence-electron chi connectivity index (χ0n) is 34.4. The van der Waals surface area contributed by atoms with Gasteiger partial charge in [-0.1, -0.05) is 61.5 Å². The molecule has 0 bridgehead atoms. The second-order valence-electron chi connectivity index (χ2n) is 19.9. The van der Waals surface area contributed by atoms with Crippen LogP contribution in [0.1, 0.15) is 153 Å². The Morgan fingerprint density at radius 3 is 2.22 bits per heavy atom. The number of aromatic nitrogens is 1. The first-order chi connectivity index (χ1) is 24.9. The van der Waals surface area contributed by atoms with Gasteiger partial charge in [-0.05, 0) is 155 Å². The van der Waals surface area contributed by atoms with E-state index in [-0.39, 0.29) is 41.4 Å². The Morgan fingerprint density at radius 2 is 1.67 bits per heavy atom. The van der Waals surface area contributed by atoms with E-state index >= 15 is 0 Å². The van der Waals surface area contributed by atoms with Crippen molar-refractivity contribution < 1.29 is 24.3 Å². The Labute approximate surface area is 330 Å². The number of Topliss-reactive ketones (excluding diaryl/α,β-unsaturated/α-hetero) is 2. The van der Waals surface area contributed by atoms with Crippen LogP contribution in [-0.2, 0) is 14.4 Å². The highest BCUT2D eigenvalue weighted by atomic mass is 32.1. The summed E-state index contributed by atoms with van der Waals surface area (Å²) in [5.41, 5.74) is 4.41. The summed E-state index contributed by atoms with van der Waals surface area (Å²) in [7, 11) is 2.05. The molecule has 0 aromatic carbocycles. The molecule has 11 atom stereocenters. The molecule has 5 fully saturated rings. The fourth-order valence-corrected chi connectivity index (χ4v) is 14.9. The summed E-state index contributed by atoms with van der Waals surface area (Å²) in [6.07, 6.45) is 13.6. The van der Waals surface area contributed by atoms with Crippen molar-refractivity contribution >= 4 is 35.2 Å². The quantitative estimate of drug-likeness (QED) is 0.241. The van der Waals surface area contributed by atoms with Gasteiger partial charge in [-0.2, -0.15) is 0 Å². The van der Waals surface area contributed by atoms with Gasteiger partial charge in [0.25, 0.3) is 0 Å². The number of fused-ring (bicyclic) bond motifs is 7. The number of carboxylic acid groups (broad SMARTS) is 1. The van der Waals surface area contributed by atoms with Gasteiger partial charge in [0.15, 0.2) is 12.1 Å². The summed E-state index contributed by atoms with van der Waals surface area (Å²) in [6, 6.07) is 0. The van der Waals surface area contributed by atoms with E-state index in [9.17, 15) is 24.3 Å². The number of carbonyl (C=O) groups excluding carboxylic acids is 3. The Kier molecular flexibility index (Phi) is 12.4. The first-order valence-electron chi connectivity index (χ1n) is 20.9. The van der Waals surface area contributed by atoms with Gasteiger partial charge in [0, 0.05) is 24.2 Å². The van der Waals surface area contributed by atoms with Gasteiger partial charge in [0.05, 0.1) is 21.5 Å². The number of aryl methyl sites for hydroxylation is 2. The van der Waals surface area contributed by atoms with Crippen molar-refractivity contribution in [2.24, 2.45) is 74.9 Å². The predicted molar refractivity (Wildman–Crippen MR) is 219 cm³/mol. The van der Waals surface area contributed by atoms with Crippen LogP contribution in [0.25, 0.3) is 0 Å². The fraction of sp³-hybridized carbons (Fsp3) is 0.804. The molecule has 6 aliphatic carbocycles. The lowest BCUT2D eigenvalue weighted by atomic mass is 9.35. The third kappa shape index (κ3) is 6.94. The van der Waals surface area contributed by atoms with E-state index in [0.717, 1.165) is 47.7 Å². The van der Waals surface area contributed by atoms with Crippen LogP contribution in [-0.4, -0.2) is 47.5 Å². The summed E-state index contributed by atoms with van der Waals surface area (Å²) in [4.78, 5) is 53.6. The van der Waals surface area contributed by atoms with Crippen molar-refractivity contribution in [3.8, 4) is 0 Å². The molecule has 54 heavy (non-hydrogen) atoms. The van der Waals surface area contributed by atoms with Gasteiger partial charge in [0.1, 0.15) is 5.78 Å². The molecule has 1 aromatic heterocycles. The van der Waals surface area contributed by atoms with Crippen LogP contribution in [0, 0.1) is 88.8 Å². The fourth-order valence-electron chi connectivity index (χ4n) is 14.1. The predicted octanol–water partition coefficient (Wildman–Crippen LogP) is 10.3. The van der Waals surface area contributed by atoms with Gasteiger partial charge < -0.3 is 10.4 Å². The minimum absolute atomic E-state index is 0. The lowest BCUT2D eigenvalue weighted by Crippen LogP contribution is -2.62. The van der Waals surface area contributed by atoms with E-state index in [2.05, 4.69) is 51.8 Å². The van der Waals surface area contributed by atoms with E-state index in [1.807, 2.05) is 27.8 Å². The van der Waals surface area contributed by atoms with Crippen molar-refractivity contribution in [3.63, 3.8) is 0 Å². The van der Waals surface area contributed by atoms with Crippen molar-refractivity contribution in [2.75, 3.05) is 13.6 Å². The van der Waals surface area contributed by atoms with Gasteiger partial charge in [-0.15, -0.1) is 11.3 Å². The Balaban J connectivity index is 0.000000493. The molecule has 0 amide bonds. The monoisotopic (exact) mass is 765 g/mol. The Bertz CT molecular complexity index is 1640. The van der Waals surface area contributed by atoms with Crippen LogP contribution in [0.15, 0.2) is 11.1 Å². The molecular formula is C46H72N2O5S. The number of aldehydes is 1. The molecule has 7 rings (SSSR count). The zero-order chi connectivity index (χ0) is 38.8. The number of hydrogen-bond donors (Lipinski definition) is 2. The molecule has 0 saturated heterocycles. The van der Waals surface area contributed by atoms with Crippen LogP contribution >= 0.6 is 11.3 Å². The molecule has 0 aliphatic heterocycles. The Morgan fingerprint density at radius 1 is 0.981 bits per heavy atom. The number of allylic oxidation sites excluding steroid dienone is 2. The summed E-state index contributed by atoms with van der Waals surface area (Å²) < 4.78 is 0. The van der Waals surface area contributed by atoms with Crippen molar-refractivity contribution in [2.45, 2.75) is 147 Å². The van der Waals surface area contributed by atoms with E-state index in [4.69, 9.17) is 0 Å². The second kappa shape index (κ2) is 15.6. The van der Waals surface area contributed by atoms with E-state index < -0.39 is 5.97 Å². The number of aliphatic carboxylic acids is 1. The molecule has 1 heterocycles. The van der Waals surface area contributed by atoms with Gasteiger partial charge in [0.2, 0.25) is 0 Å². The SMILES string of the molecule is C.CNCCC12CCC3C(CCC4C3(C)CCC3C(C)(C)C(CC(=O)C5CC(C(=O)O)C5C)CCC34C)C1=C(C(C)C)C(=O)C2.Cc1nc(C)c(C=O)s1. The van der Waals surface area contributed by atoms with Crippen molar-refractivity contribution in [1.29, 1.82) is 0 Å². The summed E-state index contributed by atoms with van der Waals surface area (Å²) >= 11 is 1.44. The van der Waals surface area contributed by atoms with Crippen LogP contribution in [0.2, 0.25) is 0 Å². The average Bonchev–Trinajstić information content (AvgIpc) is 3.58. The molecule has 0 spiro atoms. The minimum Gasteiger partial charge on any atom is -0.481 e. The lowest BCUT2D eigenvalue weighted by molar-refractivity contribution is -0.193. The normalized spacial score (nSPS) is 39.1. The van der Waals surface area contributed by atoms with Crippen LogP contribution in [0.4, 0.5) is 0 Å². The lowest BCUT2D eigenvalue weighted by Gasteiger charge is -2.69. The van der Waals surface area contributed by atoms with Crippen molar-refractivity contribution in [3.05, 3.63) is 26.7 Å². The maximum Gasteiger partial charge on any atom is 0.306 e. The molecule has 0 radical (unpaired) electrons. The first-order valence-corrected chi connectivity index (χ1v) is 21.7. The number of thiazole rings is 1. The molecule has 302 valence electrons. The maximum absolute atomic E-state index is 13.6. The molecule has 2 N–H and O–H groups in total. The number of rotatable bonds is 9. The molecule has 6 aliphatic rings. The number of carboxylic acids is 1. The highest BCUT2D eigenvalue weighted by molar-refractivity contribution is 7.13. The summed E-state index contributed by atoms with van der Waals surface area (Å²) in [6.45, 7) is 21.4. The van der Waals surface area contributed by atoms with Gasteiger partial charge >= 0.3 is 5.97 Å². The molecular weight excluding hydrogens is 693 g/mol. The third-order valence-corrected chi connectivity index (χ3v) is 17.8. The topological polar surface area (TPSA) is 113 Å². The van der Waals surface area contributed by atoms with Crippen LogP contribution < -0.4 is 5.32 Å². The molecule has 7 nitrogen and oxygen atoms in total. The standard InChI is InChI=1S/C39H61NO4.C6H7NOS.CH4/c1-22(2)33-30(42)21-39(17-18-40-8)16-12-28-25(34(33)39)9-10-32-37(28,6)15-13-31-36(4,5)24(11-14-38(31,32)7)19-29(41)26-20-27(23(26)3)35(43)44;1-4-6(3-8)9-5(2)7-4;/h22-28,31-32,40H,9-21H2,1-8H3,(H,43,44);3H,1-2H3;1H4. The van der Waals surface area contributed by atoms with Gasteiger partial charge in [-0.25, -0.2) is 4.98 Å². The van der Waals surface area contributed by atoms with E-state index in [1.165, 1.54) is 61.9 Å². The first kappa shape index (κ1) is 42.9. The largest absolute Gasteiger partial charge is 0.481 e. The van der Waals surface area contributed by atoms with Crippen LogP contribution in [0.3, 0.4) is 0 Å². The number of hydrogen-bond acceptors (Lipinski definition) is 7. The second-order valence-corrected chi connectivity index (χ2v) is 21.1. The average molecular weight is 765 g/mol. The maximum atomic E-state index is 13.6. The van der Waals surface area contributed by atoms with E-state index in [0.29, 0.717) is 65.3 Å². The third-order valence-electron chi connectivity index (χ3n) is 16.8. The summed E-state index contributed by atoms with van der Waals surface area (Å²) in [5.74, 6) is 2.81. The van der Waals surface area contributed by atoms with E-state index in [1.54, 1.807) is 5.57 Å². The minimum atomic E-state index is -0.742. The van der Waals surface area contributed by atoms with Gasteiger partial charge in [-0.3, -0.25) is 19.2 Å². The number of ketones is 2. The zero-order valence-corrected chi connectivity index (χ0v) is 35.2. The van der Waals surface area contributed by atoms with Crippen molar-refractivity contribution in [1.82, 2.24) is 10.3 Å². The number of nitrogens with one attached hydrogen (secondary N) is 1. The molecule has 5 saturated carbocycles. The highest BCUT2D eigenvalue weighted by Crippen LogP contribution is 2.74.